The molecule has 0 saturated heterocycles. The number of hydrogen-bond donors (Lipinski definition) is 1. The molecule has 4 rings (SSSR count). The Balaban J connectivity index is 1.62. The van der Waals surface area contributed by atoms with Gasteiger partial charge in [0, 0.05) is 48.7 Å². The molecule has 0 aliphatic rings. The van der Waals surface area contributed by atoms with Gasteiger partial charge in [-0.2, -0.15) is 0 Å². The highest BCUT2D eigenvalue weighted by molar-refractivity contribution is 6.08. The highest BCUT2D eigenvalue weighted by Crippen LogP contribution is 2.30. The molecule has 0 spiro atoms. The highest BCUT2D eigenvalue weighted by Gasteiger charge is 2.14. The van der Waals surface area contributed by atoms with Crippen LogP contribution in [0.3, 0.4) is 0 Å². The molecule has 4 heteroatoms. The Hall–Kier alpha value is -2.69. The zero-order chi connectivity index (χ0) is 20.8. The van der Waals surface area contributed by atoms with Crippen LogP contribution in [-0.4, -0.2) is 40.6 Å². The maximum Gasteiger partial charge on any atom is 0.0784 e. The smallest absolute Gasteiger partial charge is 0.0784 e. The molecule has 0 aliphatic heterocycles. The van der Waals surface area contributed by atoms with Gasteiger partial charge in [-0.1, -0.05) is 62.4 Å². The zero-order valence-electron chi connectivity index (χ0n) is 18.1. The lowest BCUT2D eigenvalue weighted by atomic mass is 10.1. The highest BCUT2D eigenvalue weighted by atomic mass is 15.1. The molecule has 0 radical (unpaired) electrons. The van der Waals surface area contributed by atoms with Crippen LogP contribution in [0.5, 0.6) is 0 Å². The molecule has 2 heterocycles. The first-order valence-corrected chi connectivity index (χ1v) is 11.1. The van der Waals surface area contributed by atoms with Gasteiger partial charge in [-0.15, -0.1) is 0 Å². The van der Waals surface area contributed by atoms with Gasteiger partial charge in [-0.3, -0.25) is 4.98 Å². The summed E-state index contributed by atoms with van der Waals surface area (Å²) in [6, 6.07) is 21.6. The molecule has 0 bridgehead atoms. The van der Waals surface area contributed by atoms with E-state index in [0.29, 0.717) is 0 Å². The van der Waals surface area contributed by atoms with Crippen LogP contribution < -0.4 is 5.32 Å². The number of para-hydroxylation sites is 1. The third-order valence-electron chi connectivity index (χ3n) is 6.01. The van der Waals surface area contributed by atoms with E-state index in [2.05, 4.69) is 89.3 Å². The number of rotatable bonds is 10. The zero-order valence-corrected chi connectivity index (χ0v) is 18.1. The largest absolute Gasteiger partial charge is 0.339 e. The summed E-state index contributed by atoms with van der Waals surface area (Å²) in [5, 5.41) is 6.23. The first kappa shape index (κ1) is 20.6. The van der Waals surface area contributed by atoms with E-state index in [1.807, 2.05) is 6.20 Å². The van der Waals surface area contributed by atoms with Crippen molar-refractivity contribution in [1.29, 1.82) is 0 Å². The van der Waals surface area contributed by atoms with Crippen LogP contribution in [0.4, 0.5) is 0 Å². The summed E-state index contributed by atoms with van der Waals surface area (Å²) in [5.41, 5.74) is 5.06. The number of benzene rings is 2. The van der Waals surface area contributed by atoms with Gasteiger partial charge in [-0.25, -0.2) is 0 Å². The Morgan fingerprint density at radius 3 is 2.47 bits per heavy atom. The minimum absolute atomic E-state index is 0.792. The molecule has 2 aromatic carbocycles. The van der Waals surface area contributed by atoms with E-state index >= 15 is 0 Å². The van der Waals surface area contributed by atoms with Crippen LogP contribution in [0, 0.1) is 0 Å². The minimum Gasteiger partial charge on any atom is -0.339 e. The number of nitrogens with zero attached hydrogens (tertiary/aromatic N) is 3. The van der Waals surface area contributed by atoms with Crippen LogP contribution in [0.15, 0.2) is 66.9 Å². The second-order valence-corrected chi connectivity index (χ2v) is 7.76. The Labute approximate surface area is 179 Å². The van der Waals surface area contributed by atoms with Crippen molar-refractivity contribution in [2.24, 2.45) is 0 Å². The molecule has 0 amide bonds. The van der Waals surface area contributed by atoms with Crippen molar-refractivity contribution in [1.82, 2.24) is 19.8 Å². The maximum absolute atomic E-state index is 4.78. The van der Waals surface area contributed by atoms with Crippen LogP contribution in [0.1, 0.15) is 25.1 Å². The van der Waals surface area contributed by atoms with Crippen molar-refractivity contribution >= 4 is 21.8 Å². The third-order valence-corrected chi connectivity index (χ3v) is 6.01. The number of hydrogen-bond acceptors (Lipinski definition) is 3. The quantitative estimate of drug-likeness (QED) is 0.386. The average molecular weight is 401 g/mol. The van der Waals surface area contributed by atoms with E-state index in [1.54, 1.807) is 0 Å². The van der Waals surface area contributed by atoms with Gasteiger partial charge in [-0.05, 0) is 37.2 Å². The van der Waals surface area contributed by atoms with E-state index in [9.17, 15) is 0 Å². The molecule has 0 fully saturated rings. The summed E-state index contributed by atoms with van der Waals surface area (Å²) in [6.45, 7) is 10.4. The molecule has 2 aromatic heterocycles. The lowest BCUT2D eigenvalue weighted by molar-refractivity contribution is 0.302. The molecular formula is C26H32N4. The lowest BCUT2D eigenvalue weighted by Gasteiger charge is -2.18. The summed E-state index contributed by atoms with van der Waals surface area (Å²) >= 11 is 0. The normalized spacial score (nSPS) is 11.7. The van der Waals surface area contributed by atoms with E-state index in [0.717, 1.165) is 51.4 Å². The van der Waals surface area contributed by atoms with Crippen LogP contribution in [0.25, 0.3) is 21.8 Å². The van der Waals surface area contributed by atoms with Crippen molar-refractivity contribution in [2.75, 3.05) is 26.2 Å². The standard InChI is InChI=1S/C26H32N4/c1-3-29(4-2)19-17-27-20-24-26-23(14-16-28-24)22-12-8-9-13-25(22)30(26)18-15-21-10-6-5-7-11-21/h5-14,16,27H,3-4,15,17-20H2,1-2H3. The monoisotopic (exact) mass is 400 g/mol. The summed E-state index contributed by atoms with van der Waals surface area (Å²) in [6.07, 6.45) is 2.97. The fraction of sp³-hybridized carbons (Fsp3) is 0.346. The summed E-state index contributed by atoms with van der Waals surface area (Å²) < 4.78 is 2.46. The van der Waals surface area contributed by atoms with Crippen molar-refractivity contribution in [3.8, 4) is 0 Å². The molecule has 30 heavy (non-hydrogen) atoms. The number of likely N-dealkylation sites (N-methyl/N-ethyl adjacent to an activating group) is 1. The number of fused-ring (bicyclic) bond motifs is 3. The van der Waals surface area contributed by atoms with Crippen molar-refractivity contribution < 1.29 is 0 Å². The Morgan fingerprint density at radius 2 is 1.67 bits per heavy atom. The molecule has 0 saturated carbocycles. The molecule has 1 N–H and O–H groups in total. The van der Waals surface area contributed by atoms with Gasteiger partial charge >= 0.3 is 0 Å². The third kappa shape index (κ3) is 4.40. The molecule has 4 nitrogen and oxygen atoms in total. The number of aromatic nitrogens is 2. The number of aryl methyl sites for hydroxylation is 2. The number of pyridine rings is 1. The van der Waals surface area contributed by atoms with Gasteiger partial charge < -0.3 is 14.8 Å². The second kappa shape index (κ2) is 9.88. The second-order valence-electron chi connectivity index (χ2n) is 7.76. The van der Waals surface area contributed by atoms with Crippen LogP contribution in [0.2, 0.25) is 0 Å². The molecular weight excluding hydrogens is 368 g/mol. The Kier molecular flexibility index (Phi) is 6.77. The first-order chi connectivity index (χ1) is 14.8. The van der Waals surface area contributed by atoms with Crippen molar-refractivity contribution in [3.05, 3.63) is 78.1 Å². The molecule has 0 unspecified atom stereocenters. The van der Waals surface area contributed by atoms with Gasteiger partial charge in [0.05, 0.1) is 11.2 Å². The van der Waals surface area contributed by atoms with Gasteiger partial charge in [0.25, 0.3) is 0 Å². The van der Waals surface area contributed by atoms with E-state index in [1.165, 1.54) is 27.4 Å². The first-order valence-electron chi connectivity index (χ1n) is 11.1. The predicted molar refractivity (Wildman–Crippen MR) is 127 cm³/mol. The van der Waals surface area contributed by atoms with Crippen molar-refractivity contribution in [3.63, 3.8) is 0 Å². The predicted octanol–water partition coefficient (Wildman–Crippen LogP) is 4.86. The molecule has 156 valence electrons. The SMILES string of the molecule is CCN(CC)CCNCc1nccc2c3ccccc3n(CCc3ccccc3)c12. The fourth-order valence-electron chi connectivity index (χ4n) is 4.30. The molecule has 4 aromatic rings. The van der Waals surface area contributed by atoms with E-state index in [-0.39, 0.29) is 0 Å². The minimum atomic E-state index is 0.792. The summed E-state index contributed by atoms with van der Waals surface area (Å²) in [7, 11) is 0. The van der Waals surface area contributed by atoms with Crippen LogP contribution in [-0.2, 0) is 19.5 Å². The van der Waals surface area contributed by atoms with Crippen molar-refractivity contribution in [2.45, 2.75) is 33.4 Å². The Morgan fingerprint density at radius 1 is 0.900 bits per heavy atom. The van der Waals surface area contributed by atoms with Gasteiger partial charge in [0.2, 0.25) is 0 Å². The lowest BCUT2D eigenvalue weighted by Crippen LogP contribution is -2.31. The topological polar surface area (TPSA) is 33.1 Å². The summed E-state index contributed by atoms with van der Waals surface area (Å²) in [4.78, 5) is 7.22. The van der Waals surface area contributed by atoms with E-state index < -0.39 is 0 Å². The Bertz CT molecular complexity index is 1080. The number of nitrogens with one attached hydrogen (secondary N) is 1. The fourth-order valence-corrected chi connectivity index (χ4v) is 4.30. The van der Waals surface area contributed by atoms with Gasteiger partial charge in [0.1, 0.15) is 0 Å². The molecule has 0 aliphatic carbocycles. The van der Waals surface area contributed by atoms with E-state index in [4.69, 9.17) is 4.98 Å². The maximum atomic E-state index is 4.78. The van der Waals surface area contributed by atoms with Gasteiger partial charge in [0.15, 0.2) is 0 Å². The average Bonchev–Trinajstić information content (AvgIpc) is 3.13. The summed E-state index contributed by atoms with van der Waals surface area (Å²) in [5.74, 6) is 0. The molecule has 0 atom stereocenters. The van der Waals surface area contributed by atoms with Crippen LogP contribution >= 0.6 is 0 Å².